The number of nitrogens with one attached hydrogen (secondary N) is 1. The van der Waals surface area contributed by atoms with Gasteiger partial charge >= 0.3 is 5.97 Å². The Morgan fingerprint density at radius 2 is 2.05 bits per heavy atom. The van der Waals surface area contributed by atoms with Crippen molar-refractivity contribution in [2.75, 3.05) is 18.1 Å². The summed E-state index contributed by atoms with van der Waals surface area (Å²) in [6.45, 7) is 0.852. The summed E-state index contributed by atoms with van der Waals surface area (Å²) < 4.78 is 6.14. The number of carbonyl (C=O) groups is 1. The van der Waals surface area contributed by atoms with E-state index < -0.39 is 5.97 Å². The molecule has 3 heterocycles. The maximum atomic E-state index is 11.2. The first kappa shape index (κ1) is 14.7. The van der Waals surface area contributed by atoms with Crippen LogP contribution >= 0.6 is 11.8 Å². The van der Waals surface area contributed by atoms with Crippen molar-refractivity contribution < 1.29 is 14.6 Å². The molecule has 3 aliphatic heterocycles. The first-order valence-electron chi connectivity index (χ1n) is 7.89. The molecular weight excluding hydrogens is 274 g/mol. The number of thioether (sulfide) groups is 1. The minimum atomic E-state index is -0.689. The number of carboxylic acid groups (broad SMARTS) is 1. The van der Waals surface area contributed by atoms with Crippen LogP contribution in [-0.2, 0) is 9.53 Å². The molecule has 2 N–H and O–H groups in total. The highest BCUT2D eigenvalue weighted by Crippen LogP contribution is 2.41. The van der Waals surface area contributed by atoms with Crippen molar-refractivity contribution in [2.24, 2.45) is 5.92 Å². The molecule has 5 heteroatoms. The van der Waals surface area contributed by atoms with Gasteiger partial charge in [-0.05, 0) is 62.4 Å². The molecule has 0 amide bonds. The van der Waals surface area contributed by atoms with Gasteiger partial charge in [0.2, 0.25) is 0 Å². The Balaban J connectivity index is 1.62. The molecule has 0 aromatic carbocycles. The minimum absolute atomic E-state index is 0.103. The lowest BCUT2D eigenvalue weighted by atomic mass is 9.76. The highest BCUT2D eigenvalue weighted by molar-refractivity contribution is 7.99. The molecule has 3 unspecified atom stereocenters. The van der Waals surface area contributed by atoms with Crippen molar-refractivity contribution in [1.29, 1.82) is 0 Å². The summed E-state index contributed by atoms with van der Waals surface area (Å²) in [6, 6.07) is 0.0367. The second-order valence-electron chi connectivity index (χ2n) is 6.49. The molecule has 3 saturated heterocycles. The maximum absolute atomic E-state index is 11.2. The molecule has 0 aromatic heterocycles. The van der Waals surface area contributed by atoms with E-state index in [0.29, 0.717) is 12.0 Å². The Bertz CT molecular complexity index is 352. The summed E-state index contributed by atoms with van der Waals surface area (Å²) in [6.07, 6.45) is 7.48. The Morgan fingerprint density at radius 1 is 1.25 bits per heavy atom. The quantitative estimate of drug-likeness (QED) is 0.819. The molecule has 4 nitrogen and oxygen atoms in total. The van der Waals surface area contributed by atoms with Gasteiger partial charge in [-0.1, -0.05) is 0 Å². The van der Waals surface area contributed by atoms with Crippen molar-refractivity contribution in [3.8, 4) is 0 Å². The van der Waals surface area contributed by atoms with Crippen molar-refractivity contribution in [3.05, 3.63) is 0 Å². The molecule has 0 saturated carbocycles. The van der Waals surface area contributed by atoms with Gasteiger partial charge in [0.15, 0.2) is 0 Å². The second-order valence-corrected chi connectivity index (χ2v) is 7.72. The Kier molecular flexibility index (Phi) is 4.58. The van der Waals surface area contributed by atoms with Gasteiger partial charge in [0.05, 0.1) is 5.60 Å². The zero-order valence-electron chi connectivity index (χ0n) is 12.0. The van der Waals surface area contributed by atoms with Crippen LogP contribution in [0.15, 0.2) is 0 Å². The largest absolute Gasteiger partial charge is 0.480 e. The monoisotopic (exact) mass is 299 g/mol. The number of aliphatic carboxylic acids is 1. The van der Waals surface area contributed by atoms with Gasteiger partial charge in [-0.25, -0.2) is 0 Å². The van der Waals surface area contributed by atoms with Crippen LogP contribution in [-0.4, -0.2) is 46.9 Å². The number of rotatable bonds is 2. The van der Waals surface area contributed by atoms with Crippen LogP contribution in [0.4, 0.5) is 0 Å². The van der Waals surface area contributed by atoms with Crippen LogP contribution in [0.2, 0.25) is 0 Å². The van der Waals surface area contributed by atoms with Gasteiger partial charge in [-0.15, -0.1) is 0 Å². The van der Waals surface area contributed by atoms with Crippen LogP contribution < -0.4 is 5.32 Å². The van der Waals surface area contributed by atoms with Crippen LogP contribution in [0.5, 0.6) is 0 Å². The first-order chi connectivity index (χ1) is 9.69. The number of carboxylic acids is 1. The summed E-state index contributed by atoms with van der Waals surface area (Å²) in [5, 5.41) is 12.6. The van der Waals surface area contributed by atoms with Gasteiger partial charge in [-0.2, -0.15) is 11.8 Å². The average Bonchev–Trinajstić information content (AvgIpc) is 2.48. The number of piperidine rings is 1. The van der Waals surface area contributed by atoms with E-state index in [4.69, 9.17) is 4.74 Å². The summed E-state index contributed by atoms with van der Waals surface area (Å²) in [4.78, 5) is 11.2. The fraction of sp³-hybridized carbons (Fsp3) is 0.933. The standard InChI is InChI=1S/C15H25NO3S/c17-14(18)13-3-1-2-12(16-13)11-4-7-19-15(10-11)5-8-20-9-6-15/h11-13,16H,1-10H2,(H,17,18). The fourth-order valence-corrected chi connectivity index (χ4v) is 5.27. The van der Waals surface area contributed by atoms with Gasteiger partial charge in [0.1, 0.15) is 6.04 Å². The lowest BCUT2D eigenvalue weighted by Crippen LogP contribution is -2.53. The molecule has 0 aliphatic carbocycles. The Labute approximate surface area is 125 Å². The van der Waals surface area contributed by atoms with Gasteiger partial charge in [-0.3, -0.25) is 4.79 Å². The Hall–Kier alpha value is -0.260. The third-order valence-electron chi connectivity index (χ3n) is 5.23. The topological polar surface area (TPSA) is 58.6 Å². The third kappa shape index (κ3) is 3.15. The molecule has 0 radical (unpaired) electrons. The van der Waals surface area contributed by atoms with E-state index in [0.717, 1.165) is 38.7 Å². The first-order valence-corrected chi connectivity index (χ1v) is 9.05. The fourth-order valence-electron chi connectivity index (χ4n) is 4.03. The maximum Gasteiger partial charge on any atom is 0.320 e. The lowest BCUT2D eigenvalue weighted by Gasteiger charge is -2.46. The van der Waals surface area contributed by atoms with Crippen LogP contribution in [0, 0.1) is 5.92 Å². The zero-order chi connectivity index (χ0) is 14.0. The number of hydrogen-bond donors (Lipinski definition) is 2. The van der Waals surface area contributed by atoms with E-state index >= 15 is 0 Å². The molecular formula is C15H25NO3S. The van der Waals surface area contributed by atoms with E-state index in [1.807, 2.05) is 11.8 Å². The smallest absolute Gasteiger partial charge is 0.320 e. The average molecular weight is 299 g/mol. The summed E-state index contributed by atoms with van der Waals surface area (Å²) in [5.74, 6) is 2.32. The zero-order valence-corrected chi connectivity index (χ0v) is 12.8. The Morgan fingerprint density at radius 3 is 2.80 bits per heavy atom. The molecule has 1 spiro atoms. The minimum Gasteiger partial charge on any atom is -0.480 e. The molecule has 20 heavy (non-hydrogen) atoms. The second kappa shape index (κ2) is 6.24. The highest BCUT2D eigenvalue weighted by atomic mass is 32.2. The molecule has 3 atom stereocenters. The van der Waals surface area contributed by atoms with E-state index in [-0.39, 0.29) is 11.6 Å². The molecule has 0 bridgehead atoms. The van der Waals surface area contributed by atoms with Gasteiger partial charge in [0.25, 0.3) is 0 Å². The van der Waals surface area contributed by atoms with Crippen LogP contribution in [0.25, 0.3) is 0 Å². The SMILES string of the molecule is O=C(O)C1CCCC(C2CCOC3(CCSCC3)C2)N1. The van der Waals surface area contributed by atoms with E-state index in [1.54, 1.807) is 0 Å². The molecule has 3 rings (SSSR count). The van der Waals surface area contributed by atoms with Crippen molar-refractivity contribution >= 4 is 17.7 Å². The lowest BCUT2D eigenvalue weighted by molar-refractivity contribution is -0.141. The van der Waals surface area contributed by atoms with E-state index in [2.05, 4.69) is 5.32 Å². The predicted octanol–water partition coefficient (Wildman–Crippen LogP) is 2.27. The normalized spacial score (nSPS) is 37.7. The molecule has 0 aromatic rings. The van der Waals surface area contributed by atoms with Gasteiger partial charge < -0.3 is 15.2 Å². The molecule has 114 valence electrons. The highest BCUT2D eigenvalue weighted by Gasteiger charge is 2.42. The molecule has 3 fully saturated rings. The predicted molar refractivity (Wildman–Crippen MR) is 80.2 cm³/mol. The summed E-state index contributed by atoms with van der Waals surface area (Å²) in [7, 11) is 0. The van der Waals surface area contributed by atoms with E-state index in [1.165, 1.54) is 24.3 Å². The van der Waals surface area contributed by atoms with Crippen molar-refractivity contribution in [2.45, 2.75) is 62.6 Å². The third-order valence-corrected chi connectivity index (χ3v) is 6.21. The summed E-state index contributed by atoms with van der Waals surface area (Å²) >= 11 is 2.03. The van der Waals surface area contributed by atoms with E-state index in [9.17, 15) is 9.90 Å². The van der Waals surface area contributed by atoms with Gasteiger partial charge in [0, 0.05) is 12.6 Å². The van der Waals surface area contributed by atoms with Crippen molar-refractivity contribution in [3.63, 3.8) is 0 Å². The molecule has 3 aliphatic rings. The number of hydrogen-bond acceptors (Lipinski definition) is 4. The number of ether oxygens (including phenoxy) is 1. The summed E-state index contributed by atoms with van der Waals surface area (Å²) in [5.41, 5.74) is 0.103. The van der Waals surface area contributed by atoms with Crippen LogP contribution in [0.3, 0.4) is 0 Å². The van der Waals surface area contributed by atoms with Crippen LogP contribution in [0.1, 0.15) is 44.9 Å². The van der Waals surface area contributed by atoms with Crippen molar-refractivity contribution in [1.82, 2.24) is 5.32 Å².